The summed E-state index contributed by atoms with van der Waals surface area (Å²) in [7, 11) is 2.04. The van der Waals surface area contributed by atoms with Gasteiger partial charge in [0.25, 0.3) is 0 Å². The zero-order valence-corrected chi connectivity index (χ0v) is 16.8. The van der Waals surface area contributed by atoms with Crippen LogP contribution >= 0.6 is 0 Å². The van der Waals surface area contributed by atoms with Crippen LogP contribution in [0.3, 0.4) is 0 Å². The van der Waals surface area contributed by atoms with E-state index in [-0.39, 0.29) is 6.03 Å². The van der Waals surface area contributed by atoms with E-state index >= 15 is 0 Å². The van der Waals surface area contributed by atoms with Crippen molar-refractivity contribution in [3.8, 4) is 11.6 Å². The number of aromatic nitrogens is 3. The smallest absolute Gasteiger partial charge is 0.330 e. The lowest BCUT2D eigenvalue weighted by atomic mass is 10.2. The molecular weight excluding hydrogens is 378 g/mol. The lowest BCUT2D eigenvalue weighted by Crippen LogP contribution is -2.18. The number of nitrogens with one attached hydrogen (secondary N) is 1. The van der Waals surface area contributed by atoms with Crippen molar-refractivity contribution in [3.05, 3.63) is 77.9 Å². The molecule has 0 spiro atoms. The van der Waals surface area contributed by atoms with Crippen molar-refractivity contribution in [2.75, 3.05) is 12.4 Å². The minimum atomic E-state index is -0.207. The first-order chi connectivity index (χ1) is 14.6. The van der Waals surface area contributed by atoms with Gasteiger partial charge in [-0.25, -0.2) is 14.8 Å². The van der Waals surface area contributed by atoms with Gasteiger partial charge in [-0.15, -0.1) is 0 Å². The van der Waals surface area contributed by atoms with Crippen LogP contribution in [0.2, 0.25) is 0 Å². The molecule has 0 atom stereocenters. The largest absolute Gasteiger partial charge is 0.439 e. The summed E-state index contributed by atoms with van der Waals surface area (Å²) in [5.74, 6) is 1.26. The molecule has 0 saturated heterocycles. The minimum absolute atomic E-state index is 0.207. The van der Waals surface area contributed by atoms with Crippen LogP contribution in [0.25, 0.3) is 10.9 Å². The Bertz CT molecular complexity index is 1260. The van der Waals surface area contributed by atoms with Crippen LogP contribution in [-0.4, -0.2) is 32.5 Å². The molecule has 1 aliphatic heterocycles. The number of hydrogen-bond donors (Lipinski definition) is 1. The van der Waals surface area contributed by atoms with E-state index in [1.807, 2.05) is 62.5 Å². The fourth-order valence-corrected chi connectivity index (χ4v) is 3.77. The summed E-state index contributed by atoms with van der Waals surface area (Å²) in [5.41, 5.74) is 4.69. The second kappa shape index (κ2) is 7.27. The van der Waals surface area contributed by atoms with Gasteiger partial charge in [0.2, 0.25) is 5.88 Å². The van der Waals surface area contributed by atoms with Crippen LogP contribution in [-0.2, 0) is 13.1 Å². The van der Waals surface area contributed by atoms with Crippen LogP contribution in [0.4, 0.5) is 10.5 Å². The zero-order chi connectivity index (χ0) is 20.7. The van der Waals surface area contributed by atoms with E-state index in [0.717, 1.165) is 46.5 Å². The average Bonchev–Trinajstić information content (AvgIpc) is 3.31. The lowest BCUT2D eigenvalue weighted by molar-refractivity contribution is 0.254. The fraction of sp³-hybridized carbons (Fsp3) is 0.174. The summed E-state index contributed by atoms with van der Waals surface area (Å²) in [5, 5.41) is 3.85. The van der Waals surface area contributed by atoms with Gasteiger partial charge in [-0.2, -0.15) is 0 Å². The number of carbonyl (C=O) groups is 1. The molecular formula is C23H21N5O2. The van der Waals surface area contributed by atoms with Crippen molar-refractivity contribution in [1.29, 1.82) is 0 Å². The molecule has 0 unspecified atom stereocenters. The number of rotatable bonds is 3. The molecule has 1 amide bonds. The maximum atomic E-state index is 12.7. The summed E-state index contributed by atoms with van der Waals surface area (Å²) in [6, 6.07) is 15.1. The predicted molar refractivity (Wildman–Crippen MR) is 115 cm³/mol. The first-order valence-electron chi connectivity index (χ1n) is 9.75. The molecule has 2 aromatic carbocycles. The Morgan fingerprint density at radius 1 is 1.10 bits per heavy atom. The average molecular weight is 399 g/mol. The zero-order valence-electron chi connectivity index (χ0n) is 16.8. The molecule has 0 bridgehead atoms. The van der Waals surface area contributed by atoms with Crippen molar-refractivity contribution in [2.45, 2.75) is 20.0 Å². The van der Waals surface area contributed by atoms with Gasteiger partial charge >= 0.3 is 6.03 Å². The highest BCUT2D eigenvalue weighted by molar-refractivity contribution is 5.98. The van der Waals surface area contributed by atoms with E-state index < -0.39 is 0 Å². The third-order valence-corrected chi connectivity index (χ3v) is 5.21. The molecule has 0 aliphatic carbocycles. The van der Waals surface area contributed by atoms with Gasteiger partial charge in [-0.3, -0.25) is 9.47 Å². The molecule has 0 fully saturated rings. The number of benzene rings is 2. The number of hydrogen-bond acceptors (Lipinski definition) is 5. The molecule has 30 heavy (non-hydrogen) atoms. The van der Waals surface area contributed by atoms with E-state index in [1.54, 1.807) is 10.8 Å². The van der Waals surface area contributed by atoms with Gasteiger partial charge in [-0.05, 0) is 55.9 Å². The number of amides is 1. The SMILES string of the molecule is Cc1cccc(NC(=O)n2ccc3cc(Oc4ncnc5c4CN(C)C5)ccc32)c1. The molecule has 7 nitrogen and oxygen atoms in total. The van der Waals surface area contributed by atoms with Crippen LogP contribution in [0.15, 0.2) is 61.1 Å². The van der Waals surface area contributed by atoms with Crippen molar-refractivity contribution in [1.82, 2.24) is 19.4 Å². The minimum Gasteiger partial charge on any atom is -0.439 e. The number of anilines is 1. The Morgan fingerprint density at radius 2 is 2.00 bits per heavy atom. The molecule has 7 heteroatoms. The predicted octanol–water partition coefficient (Wildman–Crippen LogP) is 4.56. The standard InChI is InChI=1S/C23H21N5O2/c1-15-4-3-5-17(10-15)26-23(29)28-9-8-16-11-18(6-7-21(16)28)30-22-19-12-27(2)13-20(19)24-14-25-22/h3-11,14H,12-13H2,1-2H3,(H,26,29). The molecule has 0 saturated carbocycles. The van der Waals surface area contributed by atoms with Crippen molar-refractivity contribution >= 4 is 22.6 Å². The normalized spacial score (nSPS) is 13.4. The molecule has 0 radical (unpaired) electrons. The molecule has 4 aromatic rings. The summed E-state index contributed by atoms with van der Waals surface area (Å²) in [4.78, 5) is 23.6. The highest BCUT2D eigenvalue weighted by atomic mass is 16.5. The molecule has 1 aliphatic rings. The van der Waals surface area contributed by atoms with Crippen molar-refractivity contribution in [2.24, 2.45) is 0 Å². The number of aryl methyl sites for hydroxylation is 1. The Labute approximate surface area is 173 Å². The number of carbonyl (C=O) groups excluding carboxylic acids is 1. The van der Waals surface area contributed by atoms with Gasteiger partial charge < -0.3 is 10.1 Å². The molecule has 5 rings (SSSR count). The monoisotopic (exact) mass is 399 g/mol. The van der Waals surface area contributed by atoms with Crippen LogP contribution < -0.4 is 10.1 Å². The number of nitrogens with zero attached hydrogens (tertiary/aromatic N) is 4. The van der Waals surface area contributed by atoms with Crippen LogP contribution in [0.5, 0.6) is 11.6 Å². The third kappa shape index (κ3) is 3.40. The Balaban J connectivity index is 1.39. The Kier molecular flexibility index (Phi) is 4.44. The molecule has 2 aromatic heterocycles. The van der Waals surface area contributed by atoms with Gasteiger partial charge in [0.1, 0.15) is 12.1 Å². The highest BCUT2D eigenvalue weighted by Crippen LogP contribution is 2.31. The number of ether oxygens (including phenoxy) is 1. The van der Waals surface area contributed by atoms with Crippen LogP contribution in [0, 0.1) is 6.92 Å². The maximum Gasteiger partial charge on any atom is 0.330 e. The second-order valence-electron chi connectivity index (χ2n) is 7.58. The van der Waals surface area contributed by atoms with E-state index in [2.05, 4.69) is 20.2 Å². The Morgan fingerprint density at radius 3 is 2.87 bits per heavy atom. The van der Waals surface area contributed by atoms with E-state index in [1.165, 1.54) is 6.33 Å². The highest BCUT2D eigenvalue weighted by Gasteiger charge is 2.22. The van der Waals surface area contributed by atoms with E-state index in [0.29, 0.717) is 11.6 Å². The van der Waals surface area contributed by atoms with Gasteiger partial charge in [0, 0.05) is 30.4 Å². The summed E-state index contributed by atoms with van der Waals surface area (Å²) in [6.07, 6.45) is 3.30. The van der Waals surface area contributed by atoms with E-state index in [9.17, 15) is 4.79 Å². The first-order valence-corrected chi connectivity index (χ1v) is 9.75. The summed E-state index contributed by atoms with van der Waals surface area (Å²) in [6.45, 7) is 3.56. The van der Waals surface area contributed by atoms with Crippen molar-refractivity contribution in [3.63, 3.8) is 0 Å². The molecule has 1 N–H and O–H groups in total. The Hall–Kier alpha value is -3.71. The van der Waals surface area contributed by atoms with Crippen molar-refractivity contribution < 1.29 is 9.53 Å². The first kappa shape index (κ1) is 18.3. The summed E-state index contributed by atoms with van der Waals surface area (Å²) >= 11 is 0. The fourth-order valence-electron chi connectivity index (χ4n) is 3.77. The maximum absolute atomic E-state index is 12.7. The number of fused-ring (bicyclic) bond motifs is 2. The van der Waals surface area contributed by atoms with Gasteiger partial charge in [-0.1, -0.05) is 12.1 Å². The molecule has 3 heterocycles. The van der Waals surface area contributed by atoms with Gasteiger partial charge in [0.15, 0.2) is 0 Å². The quantitative estimate of drug-likeness (QED) is 0.547. The van der Waals surface area contributed by atoms with Gasteiger partial charge in [0.05, 0.1) is 16.8 Å². The summed E-state index contributed by atoms with van der Waals surface area (Å²) < 4.78 is 7.66. The molecule has 150 valence electrons. The topological polar surface area (TPSA) is 72.3 Å². The second-order valence-corrected chi connectivity index (χ2v) is 7.58. The van der Waals surface area contributed by atoms with E-state index in [4.69, 9.17) is 4.74 Å². The van der Waals surface area contributed by atoms with Crippen LogP contribution in [0.1, 0.15) is 16.8 Å². The third-order valence-electron chi connectivity index (χ3n) is 5.21. The lowest BCUT2D eigenvalue weighted by Gasteiger charge is -2.10.